The Morgan fingerprint density at radius 3 is 2.72 bits per heavy atom. The molecule has 1 unspecified atom stereocenters. The lowest BCUT2D eigenvalue weighted by Gasteiger charge is -2.09. The number of nitrogens with one attached hydrogen (secondary N) is 2. The second-order valence-electron chi connectivity index (χ2n) is 5.83. The monoisotopic (exact) mass is 339 g/mol. The summed E-state index contributed by atoms with van der Waals surface area (Å²) >= 11 is 0. The first-order chi connectivity index (χ1) is 12.1. The number of hydrogen-bond donors (Lipinski definition) is 3. The number of ether oxygens (including phenoxy) is 1. The Labute approximate surface area is 145 Å². The molecule has 0 radical (unpaired) electrons. The third-order valence-electron chi connectivity index (χ3n) is 3.85. The number of para-hydroxylation sites is 2. The van der Waals surface area contributed by atoms with Crippen molar-refractivity contribution in [2.24, 2.45) is 0 Å². The summed E-state index contributed by atoms with van der Waals surface area (Å²) in [5.74, 6) is 1.25. The second kappa shape index (κ2) is 7.81. The number of hydrogen-bond acceptors (Lipinski definition) is 4. The summed E-state index contributed by atoms with van der Waals surface area (Å²) in [5, 5.41) is 12.3. The number of aromatic amines is 1. The summed E-state index contributed by atoms with van der Waals surface area (Å²) in [6.07, 6.45) is 0.111. The summed E-state index contributed by atoms with van der Waals surface area (Å²) in [7, 11) is 0. The number of amides is 1. The number of H-pyrrole nitrogens is 1. The molecule has 3 N–H and O–H groups in total. The van der Waals surface area contributed by atoms with Gasteiger partial charge in [-0.25, -0.2) is 4.98 Å². The highest BCUT2D eigenvalue weighted by Crippen LogP contribution is 2.17. The maximum atomic E-state index is 11.8. The normalized spacial score (nSPS) is 12.1. The van der Waals surface area contributed by atoms with Gasteiger partial charge >= 0.3 is 0 Å². The third-order valence-corrected chi connectivity index (χ3v) is 3.85. The molecule has 0 saturated heterocycles. The van der Waals surface area contributed by atoms with Gasteiger partial charge in [-0.05, 0) is 36.8 Å². The molecule has 6 heteroatoms. The maximum absolute atomic E-state index is 11.8. The van der Waals surface area contributed by atoms with Gasteiger partial charge in [0.25, 0.3) is 5.91 Å². The van der Waals surface area contributed by atoms with Crippen molar-refractivity contribution in [3.05, 3.63) is 59.9 Å². The molecular formula is C19H21N3O3. The molecule has 1 aromatic heterocycles. The Hall–Kier alpha value is -2.86. The fourth-order valence-electron chi connectivity index (χ4n) is 2.49. The molecule has 3 aromatic rings. The van der Waals surface area contributed by atoms with Crippen LogP contribution < -0.4 is 10.1 Å². The first-order valence-corrected chi connectivity index (χ1v) is 8.23. The quantitative estimate of drug-likeness (QED) is 0.617. The van der Waals surface area contributed by atoms with Crippen LogP contribution in [0.25, 0.3) is 11.0 Å². The molecule has 0 saturated carbocycles. The molecule has 1 heterocycles. The highest BCUT2D eigenvalue weighted by Gasteiger charge is 2.06. The van der Waals surface area contributed by atoms with Crippen LogP contribution >= 0.6 is 0 Å². The van der Waals surface area contributed by atoms with Crippen LogP contribution in [0.15, 0.2) is 48.5 Å². The van der Waals surface area contributed by atoms with E-state index >= 15 is 0 Å². The van der Waals surface area contributed by atoms with Crippen LogP contribution in [-0.4, -0.2) is 34.1 Å². The molecule has 0 fully saturated rings. The third kappa shape index (κ3) is 4.58. The molecule has 0 spiro atoms. The Balaban J connectivity index is 1.42. The predicted octanol–water partition coefficient (Wildman–Crippen LogP) is 2.35. The molecule has 1 amide bonds. The summed E-state index contributed by atoms with van der Waals surface area (Å²) in [6, 6.07) is 14.9. The minimum absolute atomic E-state index is 0.0475. The standard InChI is InChI=1S/C19H21N3O3/c1-13(23)14-6-8-15(9-7-14)25-12-19(24)20-11-10-18-21-16-4-2-3-5-17(16)22-18/h2-9,13,23H,10-12H2,1H3,(H,20,24)(H,21,22). The first-order valence-electron chi connectivity index (χ1n) is 8.23. The lowest BCUT2D eigenvalue weighted by molar-refractivity contribution is -0.123. The van der Waals surface area contributed by atoms with Crippen LogP contribution in [0.4, 0.5) is 0 Å². The summed E-state index contributed by atoms with van der Waals surface area (Å²) in [6.45, 7) is 2.14. The number of carbonyl (C=O) groups is 1. The molecule has 0 aliphatic rings. The summed E-state index contributed by atoms with van der Waals surface area (Å²) in [5.41, 5.74) is 2.73. The number of fused-ring (bicyclic) bond motifs is 1. The Bertz CT molecular complexity index is 808. The van der Waals surface area contributed by atoms with Crippen molar-refractivity contribution in [3.63, 3.8) is 0 Å². The fraction of sp³-hybridized carbons (Fsp3) is 0.263. The predicted molar refractivity (Wildman–Crippen MR) is 95.4 cm³/mol. The number of carbonyl (C=O) groups excluding carboxylic acids is 1. The van der Waals surface area contributed by atoms with E-state index in [0.717, 1.165) is 22.4 Å². The topological polar surface area (TPSA) is 87.2 Å². The summed E-state index contributed by atoms with van der Waals surface area (Å²) in [4.78, 5) is 19.5. The number of aromatic nitrogens is 2. The van der Waals surface area contributed by atoms with E-state index < -0.39 is 6.10 Å². The number of aliphatic hydroxyl groups is 1. The van der Waals surface area contributed by atoms with E-state index in [1.807, 2.05) is 24.3 Å². The molecule has 1 atom stereocenters. The van der Waals surface area contributed by atoms with Crippen LogP contribution in [0.5, 0.6) is 5.75 Å². The van der Waals surface area contributed by atoms with Gasteiger partial charge in [0, 0.05) is 13.0 Å². The van der Waals surface area contributed by atoms with Gasteiger partial charge in [0.2, 0.25) is 0 Å². The number of aliphatic hydroxyl groups excluding tert-OH is 1. The van der Waals surface area contributed by atoms with Crippen LogP contribution in [0.1, 0.15) is 24.4 Å². The van der Waals surface area contributed by atoms with Crippen LogP contribution in [0.3, 0.4) is 0 Å². The molecule has 6 nitrogen and oxygen atoms in total. The molecule has 2 aromatic carbocycles. The average molecular weight is 339 g/mol. The minimum Gasteiger partial charge on any atom is -0.484 e. The SMILES string of the molecule is CC(O)c1ccc(OCC(=O)NCCc2nc3ccccc3[nH]2)cc1. The average Bonchev–Trinajstić information content (AvgIpc) is 3.03. The van der Waals surface area contributed by atoms with E-state index in [2.05, 4.69) is 15.3 Å². The smallest absolute Gasteiger partial charge is 0.257 e. The van der Waals surface area contributed by atoms with E-state index in [0.29, 0.717) is 18.7 Å². The molecule has 0 bridgehead atoms. The Morgan fingerprint density at radius 1 is 1.24 bits per heavy atom. The van der Waals surface area contributed by atoms with Crippen molar-refractivity contribution < 1.29 is 14.6 Å². The molecule has 130 valence electrons. The molecular weight excluding hydrogens is 318 g/mol. The lowest BCUT2D eigenvalue weighted by Crippen LogP contribution is -2.30. The number of nitrogens with zero attached hydrogens (tertiary/aromatic N) is 1. The largest absolute Gasteiger partial charge is 0.484 e. The van der Waals surface area contributed by atoms with Gasteiger partial charge in [0.05, 0.1) is 17.1 Å². The van der Waals surface area contributed by atoms with Crippen molar-refractivity contribution in [1.29, 1.82) is 0 Å². The van der Waals surface area contributed by atoms with Gasteiger partial charge in [-0.2, -0.15) is 0 Å². The highest BCUT2D eigenvalue weighted by molar-refractivity contribution is 5.77. The number of benzene rings is 2. The fourth-order valence-corrected chi connectivity index (χ4v) is 2.49. The first kappa shape index (κ1) is 17.0. The van der Waals surface area contributed by atoms with Crippen LogP contribution in [0.2, 0.25) is 0 Å². The van der Waals surface area contributed by atoms with Crippen LogP contribution in [0, 0.1) is 0 Å². The van der Waals surface area contributed by atoms with Gasteiger partial charge in [0.15, 0.2) is 6.61 Å². The second-order valence-corrected chi connectivity index (χ2v) is 5.83. The van der Waals surface area contributed by atoms with Gasteiger partial charge in [-0.1, -0.05) is 24.3 Å². The number of imidazole rings is 1. The van der Waals surface area contributed by atoms with Gasteiger partial charge in [-0.15, -0.1) is 0 Å². The zero-order valence-corrected chi connectivity index (χ0v) is 14.0. The van der Waals surface area contributed by atoms with Gasteiger partial charge in [-0.3, -0.25) is 4.79 Å². The lowest BCUT2D eigenvalue weighted by atomic mass is 10.1. The molecule has 0 aliphatic carbocycles. The van der Waals surface area contributed by atoms with E-state index in [4.69, 9.17) is 4.74 Å². The molecule has 25 heavy (non-hydrogen) atoms. The zero-order chi connectivity index (χ0) is 17.6. The maximum Gasteiger partial charge on any atom is 0.257 e. The van der Waals surface area contributed by atoms with Crippen molar-refractivity contribution >= 4 is 16.9 Å². The van der Waals surface area contributed by atoms with E-state index in [-0.39, 0.29) is 12.5 Å². The summed E-state index contributed by atoms with van der Waals surface area (Å²) < 4.78 is 5.44. The Kier molecular flexibility index (Phi) is 5.30. The van der Waals surface area contributed by atoms with E-state index in [9.17, 15) is 9.90 Å². The van der Waals surface area contributed by atoms with E-state index in [1.165, 1.54) is 0 Å². The minimum atomic E-state index is -0.518. The van der Waals surface area contributed by atoms with Gasteiger partial charge in [0.1, 0.15) is 11.6 Å². The molecule has 0 aliphatic heterocycles. The van der Waals surface area contributed by atoms with E-state index in [1.54, 1.807) is 31.2 Å². The highest BCUT2D eigenvalue weighted by atomic mass is 16.5. The van der Waals surface area contributed by atoms with Crippen LogP contribution in [-0.2, 0) is 11.2 Å². The van der Waals surface area contributed by atoms with Gasteiger partial charge < -0.3 is 20.1 Å². The number of rotatable bonds is 7. The van der Waals surface area contributed by atoms with Crippen molar-refractivity contribution in [2.75, 3.05) is 13.2 Å². The van der Waals surface area contributed by atoms with Crippen molar-refractivity contribution in [3.8, 4) is 5.75 Å². The zero-order valence-electron chi connectivity index (χ0n) is 14.0. The van der Waals surface area contributed by atoms with Crippen molar-refractivity contribution in [2.45, 2.75) is 19.4 Å². The Morgan fingerprint density at radius 2 is 2.00 bits per heavy atom. The molecule has 3 rings (SSSR count). The van der Waals surface area contributed by atoms with Crippen molar-refractivity contribution in [1.82, 2.24) is 15.3 Å².